The van der Waals surface area contributed by atoms with Gasteiger partial charge in [-0.1, -0.05) is 103 Å². The second-order valence-electron chi connectivity index (χ2n) is 11.2. The van der Waals surface area contributed by atoms with E-state index in [1.54, 1.807) is 0 Å². The molecule has 0 atom stereocenters. The maximum absolute atomic E-state index is 10.9. The molecule has 0 saturated carbocycles. The first-order chi connectivity index (χ1) is 20.0. The molecule has 1 nitrogen and oxygen atoms in total. The fourth-order valence-corrected chi connectivity index (χ4v) is 6.67. The minimum Gasteiger partial charge on any atom is -0.507 e. The molecule has 0 fully saturated rings. The van der Waals surface area contributed by atoms with Crippen LogP contribution in [0.1, 0.15) is 22.3 Å². The number of benzene rings is 7. The Balaban J connectivity index is 1.68. The van der Waals surface area contributed by atoms with Gasteiger partial charge in [-0.05, 0) is 128 Å². The number of aromatic hydroxyl groups is 1. The van der Waals surface area contributed by atoms with Gasteiger partial charge in [-0.25, -0.2) is 0 Å². The van der Waals surface area contributed by atoms with E-state index >= 15 is 0 Å². The molecule has 0 radical (unpaired) electrons. The van der Waals surface area contributed by atoms with Crippen LogP contribution in [0.4, 0.5) is 0 Å². The molecule has 0 spiro atoms. The second kappa shape index (κ2) is 9.64. The van der Waals surface area contributed by atoms with Gasteiger partial charge < -0.3 is 5.11 Å². The fourth-order valence-electron chi connectivity index (χ4n) is 6.67. The number of fused-ring (bicyclic) bond motifs is 3. The Hall–Kier alpha value is -4.88. The molecule has 0 aromatic heterocycles. The number of rotatable bonds is 3. The molecular formula is C40H32O. The van der Waals surface area contributed by atoms with Crippen molar-refractivity contribution in [1.29, 1.82) is 0 Å². The average Bonchev–Trinajstić information content (AvgIpc) is 3.02. The lowest BCUT2D eigenvalue weighted by Crippen LogP contribution is -1.99. The molecule has 41 heavy (non-hydrogen) atoms. The Bertz CT molecular complexity index is 2050. The fraction of sp³-hybridized carbons (Fsp3) is 0.100. The van der Waals surface area contributed by atoms with Crippen molar-refractivity contribution in [3.8, 4) is 39.1 Å². The summed E-state index contributed by atoms with van der Waals surface area (Å²) in [6, 6.07) is 41.8. The van der Waals surface area contributed by atoms with Gasteiger partial charge in [0.1, 0.15) is 5.75 Å². The van der Waals surface area contributed by atoms with Gasteiger partial charge in [-0.15, -0.1) is 0 Å². The molecule has 0 bridgehead atoms. The predicted molar refractivity (Wildman–Crippen MR) is 176 cm³/mol. The van der Waals surface area contributed by atoms with Crippen molar-refractivity contribution in [2.45, 2.75) is 27.7 Å². The van der Waals surface area contributed by atoms with E-state index in [1.807, 2.05) is 13.8 Å². The zero-order valence-electron chi connectivity index (χ0n) is 23.9. The quantitative estimate of drug-likeness (QED) is 0.226. The van der Waals surface area contributed by atoms with Crippen LogP contribution in [0.2, 0.25) is 0 Å². The van der Waals surface area contributed by atoms with E-state index in [4.69, 9.17) is 0 Å². The van der Waals surface area contributed by atoms with Crippen LogP contribution < -0.4 is 0 Å². The molecule has 1 N–H and O–H groups in total. The minimum absolute atomic E-state index is 0.401. The van der Waals surface area contributed by atoms with Crippen molar-refractivity contribution in [2.24, 2.45) is 0 Å². The molecule has 0 aliphatic heterocycles. The van der Waals surface area contributed by atoms with Crippen LogP contribution in [0.25, 0.3) is 65.7 Å². The molecule has 0 heterocycles. The molecule has 0 amide bonds. The van der Waals surface area contributed by atoms with Gasteiger partial charge in [0.2, 0.25) is 0 Å². The highest BCUT2D eigenvalue weighted by Crippen LogP contribution is 2.49. The Kier molecular flexibility index (Phi) is 5.91. The highest BCUT2D eigenvalue weighted by Gasteiger charge is 2.23. The molecule has 0 saturated heterocycles. The molecule has 7 aromatic carbocycles. The Morgan fingerprint density at radius 1 is 0.390 bits per heavy atom. The van der Waals surface area contributed by atoms with Crippen molar-refractivity contribution in [2.75, 3.05) is 0 Å². The van der Waals surface area contributed by atoms with Gasteiger partial charge in [0, 0.05) is 0 Å². The molecule has 1 heteroatoms. The van der Waals surface area contributed by atoms with E-state index in [-0.39, 0.29) is 0 Å². The van der Waals surface area contributed by atoms with Crippen molar-refractivity contribution >= 4 is 32.3 Å². The molecule has 7 aromatic rings. The smallest absolute Gasteiger partial charge is 0.121 e. The summed E-state index contributed by atoms with van der Waals surface area (Å²) in [6.07, 6.45) is 0. The second-order valence-corrected chi connectivity index (χ2v) is 11.2. The first kappa shape index (κ1) is 25.1. The maximum Gasteiger partial charge on any atom is 0.121 e. The summed E-state index contributed by atoms with van der Waals surface area (Å²) < 4.78 is 0. The van der Waals surface area contributed by atoms with Crippen molar-refractivity contribution in [3.63, 3.8) is 0 Å². The van der Waals surface area contributed by atoms with Gasteiger partial charge in [-0.2, -0.15) is 0 Å². The third-order valence-corrected chi connectivity index (χ3v) is 9.01. The van der Waals surface area contributed by atoms with Gasteiger partial charge >= 0.3 is 0 Å². The zero-order chi connectivity index (χ0) is 28.2. The standard InChI is InChI=1S/C40H32O/c1-24-26(3)40(41)27(4)25(2)37(24)39-34-20-12-10-18-32(34)38(33-19-11-13-21-35(33)39)36-23-30(28-14-6-5-7-15-28)22-29-16-8-9-17-31(29)36/h5-23,41H,1-4H3. The summed E-state index contributed by atoms with van der Waals surface area (Å²) in [5, 5.41) is 18.3. The topological polar surface area (TPSA) is 20.2 Å². The SMILES string of the molecule is Cc1c(C)c(-c2c3ccccc3c(-c3cc(-c4ccccc4)cc4ccccc34)c3ccccc23)c(C)c(C)c1O. The van der Waals surface area contributed by atoms with Crippen molar-refractivity contribution < 1.29 is 5.11 Å². The van der Waals surface area contributed by atoms with Crippen LogP contribution in [0.15, 0.2) is 115 Å². The van der Waals surface area contributed by atoms with Crippen molar-refractivity contribution in [1.82, 2.24) is 0 Å². The van der Waals surface area contributed by atoms with Crippen LogP contribution in [-0.2, 0) is 0 Å². The lowest BCUT2D eigenvalue weighted by molar-refractivity contribution is 0.466. The summed E-state index contributed by atoms with van der Waals surface area (Å²) in [5.74, 6) is 0.401. The van der Waals surface area contributed by atoms with Crippen LogP contribution in [0, 0.1) is 27.7 Å². The number of hydrogen-bond donors (Lipinski definition) is 1. The lowest BCUT2D eigenvalue weighted by atomic mass is 9.80. The molecule has 0 unspecified atom stereocenters. The van der Waals surface area contributed by atoms with Gasteiger partial charge in [0.15, 0.2) is 0 Å². The van der Waals surface area contributed by atoms with E-state index in [0.29, 0.717) is 5.75 Å². The van der Waals surface area contributed by atoms with E-state index in [9.17, 15) is 5.11 Å². The molecule has 7 rings (SSSR count). The minimum atomic E-state index is 0.401. The van der Waals surface area contributed by atoms with Crippen molar-refractivity contribution in [3.05, 3.63) is 138 Å². The van der Waals surface area contributed by atoms with Crippen LogP contribution in [0.3, 0.4) is 0 Å². The predicted octanol–water partition coefficient (Wildman–Crippen LogP) is 11.1. The Morgan fingerprint density at radius 3 is 1.41 bits per heavy atom. The lowest BCUT2D eigenvalue weighted by Gasteiger charge is -2.23. The highest BCUT2D eigenvalue weighted by molar-refractivity contribution is 6.24. The summed E-state index contributed by atoms with van der Waals surface area (Å²) in [4.78, 5) is 0. The summed E-state index contributed by atoms with van der Waals surface area (Å²) >= 11 is 0. The Morgan fingerprint density at radius 2 is 0.854 bits per heavy atom. The van der Waals surface area contributed by atoms with E-state index in [0.717, 1.165) is 22.3 Å². The summed E-state index contributed by atoms with van der Waals surface area (Å²) in [7, 11) is 0. The zero-order valence-corrected chi connectivity index (χ0v) is 23.9. The normalized spacial score (nSPS) is 11.5. The summed E-state index contributed by atoms with van der Waals surface area (Å²) in [5.41, 5.74) is 11.5. The van der Waals surface area contributed by atoms with E-state index < -0.39 is 0 Å². The molecule has 198 valence electrons. The number of phenols is 1. The van der Waals surface area contributed by atoms with Gasteiger partial charge in [0.25, 0.3) is 0 Å². The third-order valence-electron chi connectivity index (χ3n) is 9.01. The largest absolute Gasteiger partial charge is 0.507 e. The van der Waals surface area contributed by atoms with Crippen LogP contribution in [-0.4, -0.2) is 5.11 Å². The number of hydrogen-bond acceptors (Lipinski definition) is 1. The summed E-state index contributed by atoms with van der Waals surface area (Å²) in [6.45, 7) is 8.34. The van der Waals surface area contributed by atoms with E-state index in [2.05, 4.69) is 129 Å². The average molecular weight is 529 g/mol. The third kappa shape index (κ3) is 3.84. The highest BCUT2D eigenvalue weighted by atomic mass is 16.3. The van der Waals surface area contributed by atoms with Gasteiger partial charge in [-0.3, -0.25) is 0 Å². The molecule has 0 aliphatic rings. The monoisotopic (exact) mass is 528 g/mol. The maximum atomic E-state index is 10.9. The first-order valence-electron chi connectivity index (χ1n) is 14.3. The molecular weight excluding hydrogens is 496 g/mol. The first-order valence-corrected chi connectivity index (χ1v) is 14.3. The van der Waals surface area contributed by atoms with Crippen LogP contribution >= 0.6 is 0 Å². The number of phenolic OH excluding ortho intramolecular Hbond substituents is 1. The van der Waals surface area contributed by atoms with Crippen LogP contribution in [0.5, 0.6) is 5.75 Å². The van der Waals surface area contributed by atoms with E-state index in [1.165, 1.54) is 65.7 Å². The molecule has 0 aliphatic carbocycles. The Labute approximate surface area is 241 Å². The van der Waals surface area contributed by atoms with Gasteiger partial charge in [0.05, 0.1) is 0 Å².